The van der Waals surface area contributed by atoms with Gasteiger partial charge in [-0.2, -0.15) is 0 Å². The fraction of sp³-hybridized carbons (Fsp3) is 0. The van der Waals surface area contributed by atoms with E-state index < -0.39 is 6.22 Å². The van der Waals surface area contributed by atoms with Gasteiger partial charge in [0, 0.05) is 11.6 Å². The highest BCUT2D eigenvalue weighted by atomic mass is 19.1. The Labute approximate surface area is 79.1 Å². The highest BCUT2D eigenvalue weighted by molar-refractivity contribution is 5.85. The first-order chi connectivity index (χ1) is 6.77. The predicted octanol–water partition coefficient (Wildman–Crippen LogP) is 2.70. The Kier molecular flexibility index (Phi) is 2.10. The van der Waals surface area contributed by atoms with E-state index in [0.717, 1.165) is 5.39 Å². The Balaban J connectivity index is 2.59. The zero-order valence-corrected chi connectivity index (χ0v) is 7.11. The standard InChI is InChI=1S/C10H6FNO2/c11-10(13)14-8-5-1-3-7-4-2-6-12-9(7)8/h1-6H. The number of benzene rings is 1. The molecule has 0 radical (unpaired) electrons. The minimum absolute atomic E-state index is 0.135. The molecule has 0 fully saturated rings. The van der Waals surface area contributed by atoms with E-state index in [9.17, 15) is 9.18 Å². The van der Waals surface area contributed by atoms with Crippen LogP contribution in [-0.4, -0.2) is 11.2 Å². The smallest absolute Gasteiger partial charge is 0.399 e. The Morgan fingerprint density at radius 1 is 1.29 bits per heavy atom. The lowest BCUT2D eigenvalue weighted by molar-refractivity contribution is 0.176. The molecule has 0 aliphatic rings. The van der Waals surface area contributed by atoms with Crippen molar-refractivity contribution >= 4 is 17.1 Å². The van der Waals surface area contributed by atoms with E-state index in [1.807, 2.05) is 0 Å². The van der Waals surface area contributed by atoms with Crippen molar-refractivity contribution in [2.24, 2.45) is 0 Å². The van der Waals surface area contributed by atoms with E-state index in [-0.39, 0.29) is 5.75 Å². The SMILES string of the molecule is O=C(F)Oc1cccc2cccnc12. The second kappa shape index (κ2) is 3.41. The summed E-state index contributed by atoms with van der Waals surface area (Å²) in [5.41, 5.74) is 0.473. The fourth-order valence-corrected chi connectivity index (χ4v) is 1.25. The first kappa shape index (κ1) is 8.62. The Bertz CT molecular complexity index is 479. The maximum Gasteiger partial charge on any atom is 0.501 e. The summed E-state index contributed by atoms with van der Waals surface area (Å²) in [7, 11) is 0. The number of halogens is 1. The monoisotopic (exact) mass is 191 g/mol. The topological polar surface area (TPSA) is 39.2 Å². The largest absolute Gasteiger partial charge is 0.501 e. The minimum atomic E-state index is -1.83. The summed E-state index contributed by atoms with van der Waals surface area (Å²) in [4.78, 5) is 14.1. The number of nitrogens with zero attached hydrogens (tertiary/aromatic N) is 1. The van der Waals surface area contributed by atoms with Gasteiger partial charge < -0.3 is 4.74 Å². The van der Waals surface area contributed by atoms with Crippen LogP contribution in [0.2, 0.25) is 0 Å². The highest BCUT2D eigenvalue weighted by Gasteiger charge is 2.06. The summed E-state index contributed by atoms with van der Waals surface area (Å²) in [6.07, 6.45) is -0.277. The van der Waals surface area contributed by atoms with Crippen molar-refractivity contribution in [1.29, 1.82) is 0 Å². The van der Waals surface area contributed by atoms with Gasteiger partial charge in [-0.15, -0.1) is 4.39 Å². The molecule has 70 valence electrons. The Hall–Kier alpha value is -1.97. The molecule has 2 rings (SSSR count). The van der Waals surface area contributed by atoms with Crippen LogP contribution in [0.3, 0.4) is 0 Å². The average molecular weight is 191 g/mol. The van der Waals surface area contributed by atoms with Crippen LogP contribution in [0, 0.1) is 0 Å². The molecule has 0 bridgehead atoms. The summed E-state index contributed by atoms with van der Waals surface area (Å²) in [5, 5.41) is 0.797. The van der Waals surface area contributed by atoms with Crippen molar-refractivity contribution in [2.45, 2.75) is 0 Å². The van der Waals surface area contributed by atoms with E-state index in [1.165, 1.54) is 6.07 Å². The normalized spacial score (nSPS) is 10.1. The van der Waals surface area contributed by atoms with E-state index in [1.54, 1.807) is 30.5 Å². The van der Waals surface area contributed by atoms with Crippen LogP contribution in [0.15, 0.2) is 36.5 Å². The number of fused-ring (bicyclic) bond motifs is 1. The molecule has 0 spiro atoms. The van der Waals surface area contributed by atoms with Crippen LogP contribution in [0.1, 0.15) is 0 Å². The fourth-order valence-electron chi connectivity index (χ4n) is 1.25. The summed E-state index contributed by atoms with van der Waals surface area (Å²) < 4.78 is 16.4. The van der Waals surface area contributed by atoms with E-state index in [4.69, 9.17) is 0 Å². The van der Waals surface area contributed by atoms with Crippen LogP contribution < -0.4 is 4.74 Å². The number of para-hydroxylation sites is 1. The molecule has 0 saturated carbocycles. The molecule has 0 amide bonds. The maximum absolute atomic E-state index is 12.0. The van der Waals surface area contributed by atoms with Crippen LogP contribution in [0.5, 0.6) is 5.75 Å². The van der Waals surface area contributed by atoms with Crippen molar-refractivity contribution in [3.8, 4) is 5.75 Å². The quantitative estimate of drug-likeness (QED) is 0.650. The van der Waals surface area contributed by atoms with Gasteiger partial charge in [-0.25, -0.2) is 4.79 Å². The summed E-state index contributed by atoms with van der Waals surface area (Å²) in [6, 6.07) is 8.52. The van der Waals surface area contributed by atoms with Gasteiger partial charge in [0.05, 0.1) is 0 Å². The molecule has 14 heavy (non-hydrogen) atoms. The lowest BCUT2D eigenvalue weighted by atomic mass is 10.2. The summed E-state index contributed by atoms with van der Waals surface area (Å²) >= 11 is 0. The predicted molar refractivity (Wildman–Crippen MR) is 48.9 cm³/mol. The van der Waals surface area contributed by atoms with Crippen molar-refractivity contribution in [3.05, 3.63) is 36.5 Å². The zero-order valence-electron chi connectivity index (χ0n) is 7.11. The van der Waals surface area contributed by atoms with Gasteiger partial charge in [-0.05, 0) is 12.1 Å². The Morgan fingerprint density at radius 3 is 2.86 bits per heavy atom. The van der Waals surface area contributed by atoms with Crippen LogP contribution in [0.25, 0.3) is 10.9 Å². The number of carbonyl (C=O) groups excluding carboxylic acids is 1. The van der Waals surface area contributed by atoms with Gasteiger partial charge in [0.2, 0.25) is 0 Å². The van der Waals surface area contributed by atoms with Gasteiger partial charge in [0.25, 0.3) is 0 Å². The van der Waals surface area contributed by atoms with Gasteiger partial charge in [-0.3, -0.25) is 4.98 Å². The molecule has 1 heterocycles. The van der Waals surface area contributed by atoms with E-state index in [0.29, 0.717) is 5.52 Å². The zero-order chi connectivity index (χ0) is 9.97. The van der Waals surface area contributed by atoms with Crippen LogP contribution >= 0.6 is 0 Å². The molecule has 3 nitrogen and oxygen atoms in total. The van der Waals surface area contributed by atoms with Gasteiger partial charge in [0.1, 0.15) is 5.52 Å². The van der Waals surface area contributed by atoms with Crippen LogP contribution in [-0.2, 0) is 0 Å². The number of pyridine rings is 1. The number of hydrogen-bond acceptors (Lipinski definition) is 3. The molecule has 0 unspecified atom stereocenters. The number of carbonyl (C=O) groups is 1. The van der Waals surface area contributed by atoms with Crippen molar-refractivity contribution in [2.75, 3.05) is 0 Å². The second-order valence-corrected chi connectivity index (χ2v) is 2.67. The molecule has 1 aromatic heterocycles. The van der Waals surface area contributed by atoms with E-state index in [2.05, 4.69) is 9.72 Å². The molecular formula is C10H6FNO2. The highest BCUT2D eigenvalue weighted by Crippen LogP contribution is 2.23. The van der Waals surface area contributed by atoms with Crippen molar-refractivity contribution in [3.63, 3.8) is 0 Å². The number of rotatable bonds is 1. The lowest BCUT2D eigenvalue weighted by Crippen LogP contribution is -1.98. The number of aromatic nitrogens is 1. The number of ether oxygens (including phenoxy) is 1. The first-order valence-corrected chi connectivity index (χ1v) is 3.98. The third kappa shape index (κ3) is 1.54. The molecule has 0 aliphatic heterocycles. The molecular weight excluding hydrogens is 185 g/mol. The molecule has 0 N–H and O–H groups in total. The second-order valence-electron chi connectivity index (χ2n) is 2.67. The third-order valence-corrected chi connectivity index (χ3v) is 1.79. The minimum Gasteiger partial charge on any atom is -0.399 e. The molecule has 2 aromatic rings. The van der Waals surface area contributed by atoms with Crippen molar-refractivity contribution in [1.82, 2.24) is 4.98 Å². The Morgan fingerprint density at radius 2 is 2.07 bits per heavy atom. The molecule has 0 aliphatic carbocycles. The lowest BCUT2D eigenvalue weighted by Gasteiger charge is -2.02. The molecule has 0 atom stereocenters. The summed E-state index contributed by atoms with van der Waals surface area (Å²) in [6.45, 7) is 0. The average Bonchev–Trinajstić information content (AvgIpc) is 2.18. The first-order valence-electron chi connectivity index (χ1n) is 3.98. The maximum atomic E-state index is 12.0. The number of hydrogen-bond donors (Lipinski definition) is 0. The molecule has 1 aromatic carbocycles. The van der Waals surface area contributed by atoms with Crippen molar-refractivity contribution < 1.29 is 13.9 Å². The molecule has 0 saturated heterocycles. The van der Waals surface area contributed by atoms with E-state index >= 15 is 0 Å². The van der Waals surface area contributed by atoms with Gasteiger partial charge >= 0.3 is 6.22 Å². The van der Waals surface area contributed by atoms with Gasteiger partial charge in [0.15, 0.2) is 5.75 Å². The summed E-state index contributed by atoms with van der Waals surface area (Å²) in [5.74, 6) is 0.135. The van der Waals surface area contributed by atoms with Gasteiger partial charge in [-0.1, -0.05) is 18.2 Å². The third-order valence-electron chi connectivity index (χ3n) is 1.79. The molecule has 4 heteroatoms. The van der Waals surface area contributed by atoms with Crippen LogP contribution in [0.4, 0.5) is 9.18 Å².